The molecule has 1 aliphatic carbocycles. The van der Waals surface area contributed by atoms with Crippen molar-refractivity contribution in [3.8, 4) is 0 Å². The Bertz CT molecular complexity index is 432. The summed E-state index contributed by atoms with van der Waals surface area (Å²) in [6.07, 6.45) is 6.59. The van der Waals surface area contributed by atoms with Crippen molar-refractivity contribution in [2.75, 3.05) is 5.75 Å². The van der Waals surface area contributed by atoms with Crippen molar-refractivity contribution in [2.45, 2.75) is 50.3 Å². The highest BCUT2D eigenvalue weighted by molar-refractivity contribution is 7.99. The maximum absolute atomic E-state index is 11.5. The van der Waals surface area contributed by atoms with Crippen LogP contribution < -0.4 is 0 Å². The van der Waals surface area contributed by atoms with Crippen LogP contribution in [0.4, 0.5) is 0 Å². The number of thioether (sulfide) groups is 1. The van der Waals surface area contributed by atoms with Gasteiger partial charge in [-0.15, -0.1) is 11.8 Å². The van der Waals surface area contributed by atoms with Crippen LogP contribution in [-0.2, 0) is 4.79 Å². The number of rotatable bonds is 7. The first-order valence-electron chi connectivity index (χ1n) is 8.11. The second-order valence-electron chi connectivity index (χ2n) is 6.12. The van der Waals surface area contributed by atoms with Crippen molar-refractivity contribution in [3.05, 3.63) is 30.3 Å². The van der Waals surface area contributed by atoms with Gasteiger partial charge in [-0.1, -0.05) is 38.0 Å². The van der Waals surface area contributed by atoms with E-state index in [0.29, 0.717) is 5.92 Å². The molecule has 3 atom stereocenters. The van der Waals surface area contributed by atoms with Crippen molar-refractivity contribution < 1.29 is 9.90 Å². The van der Waals surface area contributed by atoms with Crippen LogP contribution in [0.3, 0.4) is 0 Å². The zero-order valence-corrected chi connectivity index (χ0v) is 13.6. The molecule has 21 heavy (non-hydrogen) atoms. The minimum Gasteiger partial charge on any atom is -0.481 e. The molecule has 1 aliphatic rings. The van der Waals surface area contributed by atoms with Gasteiger partial charge in [0.25, 0.3) is 0 Å². The zero-order chi connectivity index (χ0) is 15.1. The monoisotopic (exact) mass is 306 g/mol. The Balaban J connectivity index is 1.85. The van der Waals surface area contributed by atoms with E-state index in [9.17, 15) is 9.90 Å². The average molecular weight is 306 g/mol. The molecule has 0 radical (unpaired) electrons. The summed E-state index contributed by atoms with van der Waals surface area (Å²) in [5.41, 5.74) is 0. The van der Waals surface area contributed by atoms with Crippen LogP contribution in [0.25, 0.3) is 0 Å². The van der Waals surface area contributed by atoms with Crippen LogP contribution in [0.2, 0.25) is 0 Å². The van der Waals surface area contributed by atoms with Gasteiger partial charge in [-0.2, -0.15) is 0 Å². The molecule has 3 heteroatoms. The number of carboxylic acids is 1. The lowest BCUT2D eigenvalue weighted by Crippen LogP contribution is -2.31. The van der Waals surface area contributed by atoms with E-state index in [-0.39, 0.29) is 5.92 Å². The fourth-order valence-electron chi connectivity index (χ4n) is 3.52. The first-order chi connectivity index (χ1) is 10.2. The summed E-state index contributed by atoms with van der Waals surface area (Å²) in [7, 11) is 0. The van der Waals surface area contributed by atoms with Gasteiger partial charge in [0.05, 0.1) is 5.92 Å². The molecule has 1 aromatic rings. The van der Waals surface area contributed by atoms with Crippen molar-refractivity contribution in [3.63, 3.8) is 0 Å². The quantitative estimate of drug-likeness (QED) is 0.713. The SMILES string of the molecule is CCCC1CCC(C(=O)O)C(CCSc2ccccc2)C1. The minimum atomic E-state index is -0.584. The van der Waals surface area contributed by atoms with E-state index in [1.54, 1.807) is 0 Å². The number of aliphatic carboxylic acids is 1. The summed E-state index contributed by atoms with van der Waals surface area (Å²) in [6, 6.07) is 10.4. The predicted octanol–water partition coefficient (Wildman–Crippen LogP) is 5.09. The Morgan fingerprint density at radius 1 is 1.24 bits per heavy atom. The van der Waals surface area contributed by atoms with E-state index < -0.39 is 5.97 Å². The van der Waals surface area contributed by atoms with Crippen molar-refractivity contribution >= 4 is 17.7 Å². The number of carboxylic acid groups (broad SMARTS) is 1. The molecule has 0 amide bonds. The van der Waals surface area contributed by atoms with Gasteiger partial charge in [0.2, 0.25) is 0 Å². The maximum atomic E-state index is 11.5. The van der Waals surface area contributed by atoms with E-state index in [1.807, 2.05) is 17.8 Å². The molecule has 1 N–H and O–H groups in total. The lowest BCUT2D eigenvalue weighted by atomic mass is 9.72. The molecule has 2 rings (SSSR count). The van der Waals surface area contributed by atoms with Gasteiger partial charge < -0.3 is 5.11 Å². The van der Waals surface area contributed by atoms with Gasteiger partial charge in [-0.05, 0) is 55.4 Å². The van der Waals surface area contributed by atoms with Crippen LogP contribution in [0.15, 0.2) is 35.2 Å². The van der Waals surface area contributed by atoms with Crippen molar-refractivity contribution in [1.29, 1.82) is 0 Å². The van der Waals surface area contributed by atoms with E-state index in [1.165, 1.54) is 17.7 Å². The molecular weight excluding hydrogens is 280 g/mol. The average Bonchev–Trinajstić information content (AvgIpc) is 2.49. The molecule has 0 spiro atoms. The first kappa shape index (κ1) is 16.4. The largest absolute Gasteiger partial charge is 0.481 e. The predicted molar refractivity (Wildman–Crippen MR) is 88.6 cm³/mol. The molecule has 0 heterocycles. The molecule has 1 fully saturated rings. The molecule has 0 bridgehead atoms. The lowest BCUT2D eigenvalue weighted by molar-refractivity contribution is -0.145. The summed E-state index contributed by atoms with van der Waals surface area (Å²) in [5.74, 6) is 1.44. The second-order valence-corrected chi connectivity index (χ2v) is 7.29. The van der Waals surface area contributed by atoms with E-state index >= 15 is 0 Å². The van der Waals surface area contributed by atoms with Crippen molar-refractivity contribution in [2.24, 2.45) is 17.8 Å². The highest BCUT2D eigenvalue weighted by atomic mass is 32.2. The highest BCUT2D eigenvalue weighted by Gasteiger charge is 2.34. The van der Waals surface area contributed by atoms with Gasteiger partial charge in [0.15, 0.2) is 0 Å². The first-order valence-corrected chi connectivity index (χ1v) is 9.10. The third-order valence-corrected chi connectivity index (χ3v) is 5.65. The lowest BCUT2D eigenvalue weighted by Gasteiger charge is -2.34. The Labute approximate surface area is 132 Å². The smallest absolute Gasteiger partial charge is 0.306 e. The summed E-state index contributed by atoms with van der Waals surface area (Å²) < 4.78 is 0. The van der Waals surface area contributed by atoms with Gasteiger partial charge >= 0.3 is 5.97 Å². The highest BCUT2D eigenvalue weighted by Crippen LogP contribution is 2.39. The molecule has 1 saturated carbocycles. The molecule has 3 unspecified atom stereocenters. The second kappa shape index (κ2) is 8.47. The molecule has 2 nitrogen and oxygen atoms in total. The topological polar surface area (TPSA) is 37.3 Å². The molecule has 0 saturated heterocycles. The Morgan fingerprint density at radius 2 is 2.00 bits per heavy atom. The van der Waals surface area contributed by atoms with E-state index in [2.05, 4.69) is 31.2 Å². The number of hydrogen-bond donors (Lipinski definition) is 1. The molecule has 116 valence electrons. The van der Waals surface area contributed by atoms with Gasteiger partial charge in [-0.3, -0.25) is 4.79 Å². The molecule has 1 aromatic carbocycles. The Kier molecular flexibility index (Phi) is 6.62. The van der Waals surface area contributed by atoms with E-state index in [4.69, 9.17) is 0 Å². The minimum absolute atomic E-state index is 0.116. The summed E-state index contributed by atoms with van der Waals surface area (Å²) in [4.78, 5) is 12.7. The summed E-state index contributed by atoms with van der Waals surface area (Å²) in [5, 5.41) is 9.43. The third-order valence-electron chi connectivity index (χ3n) is 4.61. The Hall–Kier alpha value is -0.960. The fraction of sp³-hybridized carbons (Fsp3) is 0.611. The Morgan fingerprint density at radius 3 is 2.67 bits per heavy atom. The molecular formula is C18H26O2S. The van der Waals surface area contributed by atoms with Crippen LogP contribution in [-0.4, -0.2) is 16.8 Å². The zero-order valence-electron chi connectivity index (χ0n) is 12.8. The van der Waals surface area contributed by atoms with Crippen LogP contribution >= 0.6 is 11.8 Å². The third kappa shape index (κ3) is 5.06. The maximum Gasteiger partial charge on any atom is 0.306 e. The van der Waals surface area contributed by atoms with Crippen LogP contribution in [0.1, 0.15) is 45.4 Å². The van der Waals surface area contributed by atoms with Crippen LogP contribution in [0.5, 0.6) is 0 Å². The van der Waals surface area contributed by atoms with Gasteiger partial charge in [0, 0.05) is 4.90 Å². The summed E-state index contributed by atoms with van der Waals surface area (Å²) >= 11 is 1.85. The fourth-order valence-corrected chi connectivity index (χ4v) is 4.53. The summed E-state index contributed by atoms with van der Waals surface area (Å²) in [6.45, 7) is 2.23. The van der Waals surface area contributed by atoms with Crippen molar-refractivity contribution in [1.82, 2.24) is 0 Å². The standard InChI is InChI=1S/C18H26O2S/c1-2-6-14-9-10-17(18(19)20)15(13-14)11-12-21-16-7-4-3-5-8-16/h3-5,7-8,14-15,17H,2,6,9-13H2,1H3,(H,19,20). The number of benzene rings is 1. The number of carbonyl (C=O) groups is 1. The number of hydrogen-bond acceptors (Lipinski definition) is 2. The van der Waals surface area contributed by atoms with Crippen LogP contribution in [0, 0.1) is 17.8 Å². The van der Waals surface area contributed by atoms with E-state index in [0.717, 1.165) is 37.4 Å². The normalized spacial score (nSPS) is 25.7. The van der Waals surface area contributed by atoms with Gasteiger partial charge in [0.1, 0.15) is 0 Å². The molecule has 0 aliphatic heterocycles. The van der Waals surface area contributed by atoms with Gasteiger partial charge in [-0.25, -0.2) is 0 Å². The molecule has 0 aromatic heterocycles.